The van der Waals surface area contributed by atoms with Crippen LogP contribution < -0.4 is 10.1 Å². The van der Waals surface area contributed by atoms with Crippen molar-refractivity contribution in [2.24, 2.45) is 5.41 Å². The molecule has 0 radical (unpaired) electrons. The lowest BCUT2D eigenvalue weighted by Crippen LogP contribution is -2.47. The summed E-state index contributed by atoms with van der Waals surface area (Å²) in [5.41, 5.74) is -4.80. The third-order valence-electron chi connectivity index (χ3n) is 7.66. The number of amides is 1. The van der Waals surface area contributed by atoms with Crippen molar-refractivity contribution in [3.05, 3.63) is 34.5 Å². The van der Waals surface area contributed by atoms with Crippen LogP contribution in [0.5, 0.6) is 5.75 Å². The molecule has 0 bridgehead atoms. The first-order valence-electron chi connectivity index (χ1n) is 13.0. The number of carbonyl (C=O) groups excluding carboxylic acids is 1. The summed E-state index contributed by atoms with van der Waals surface area (Å²) in [5, 5.41) is 27.2. The monoisotopic (exact) mass is 645 g/mol. The number of benzene rings is 1. The van der Waals surface area contributed by atoms with E-state index in [1.807, 2.05) is 0 Å². The number of ether oxygens (including phenoxy) is 1. The van der Waals surface area contributed by atoms with Gasteiger partial charge in [-0.15, -0.1) is 0 Å². The Bertz CT molecular complexity index is 1410. The van der Waals surface area contributed by atoms with Crippen LogP contribution in [0.25, 0.3) is 11.3 Å². The van der Waals surface area contributed by atoms with Crippen LogP contribution in [0.1, 0.15) is 68.6 Å². The highest BCUT2D eigenvalue weighted by Gasteiger charge is 2.52. The van der Waals surface area contributed by atoms with E-state index in [-0.39, 0.29) is 66.3 Å². The molecule has 1 unspecified atom stereocenters. The number of nitrogens with zero attached hydrogens (tertiary/aromatic N) is 2. The van der Waals surface area contributed by atoms with Crippen LogP contribution in [0.15, 0.2) is 18.2 Å². The molecule has 1 aromatic carbocycles. The highest BCUT2D eigenvalue weighted by atomic mass is 35.5. The molecule has 9 nitrogen and oxygen atoms in total. The van der Waals surface area contributed by atoms with Gasteiger partial charge in [-0.25, -0.2) is 8.42 Å². The second-order valence-corrected chi connectivity index (χ2v) is 13.7. The van der Waals surface area contributed by atoms with Crippen LogP contribution in [-0.4, -0.2) is 70.8 Å². The van der Waals surface area contributed by atoms with Gasteiger partial charge in [-0.3, -0.25) is 9.48 Å². The smallest absolute Gasteiger partial charge is 0.396 e. The minimum atomic E-state index is -4.82. The van der Waals surface area contributed by atoms with Crippen molar-refractivity contribution in [1.82, 2.24) is 15.1 Å². The molecule has 3 N–H and O–H groups in total. The van der Waals surface area contributed by atoms with Crippen molar-refractivity contribution < 1.29 is 50.1 Å². The highest BCUT2D eigenvalue weighted by Crippen LogP contribution is 2.48. The maximum Gasteiger partial charge on any atom is 0.396 e. The Hall–Kier alpha value is -2.49. The number of hydrogen-bond donors (Lipinski definition) is 3. The Labute approximate surface area is 244 Å². The first-order valence-corrected chi connectivity index (χ1v) is 15.3. The van der Waals surface area contributed by atoms with Gasteiger partial charge in [0.05, 0.1) is 33.1 Å². The molecule has 0 spiro atoms. The summed E-state index contributed by atoms with van der Waals surface area (Å²) in [4.78, 5) is 13.0. The van der Waals surface area contributed by atoms with Crippen LogP contribution >= 0.6 is 11.6 Å². The van der Waals surface area contributed by atoms with Gasteiger partial charge in [-0.2, -0.15) is 27.1 Å². The van der Waals surface area contributed by atoms with Crippen molar-refractivity contribution in [1.29, 1.82) is 0 Å². The van der Waals surface area contributed by atoms with E-state index in [2.05, 4.69) is 15.2 Å². The first kappa shape index (κ1) is 34.0. The molecule has 2 aromatic rings. The summed E-state index contributed by atoms with van der Waals surface area (Å²) in [7, 11) is -3.27. The average molecular weight is 646 g/mol. The zero-order chi connectivity index (χ0) is 31.8. The number of carbonyl (C=O) groups is 1. The van der Waals surface area contributed by atoms with Gasteiger partial charge in [0.25, 0.3) is 5.91 Å². The predicted octanol–water partition coefficient (Wildman–Crippen LogP) is 4.89. The number of sulfone groups is 1. The topological polar surface area (TPSA) is 131 Å². The molecule has 16 heteroatoms. The van der Waals surface area contributed by atoms with Crippen LogP contribution in [0.2, 0.25) is 5.02 Å². The standard InChI is InChI=1S/C26H33ClF5N3O6S/c1-5-35-20(16-7-6-14(12-17(16)41-23(28)29)21(36)24(2,3)26(30,31)32)18(27)19(34-35)22(37)33-13-25(38)10-8-15(9-11-25)42(4,39)40/h6-7,12,15,21,23,36,38H,5,8-11,13H2,1-4H3,(H,33,37). The molecular weight excluding hydrogens is 613 g/mol. The molecule has 236 valence electrons. The molecule has 1 heterocycles. The molecule has 1 amide bonds. The highest BCUT2D eigenvalue weighted by molar-refractivity contribution is 7.91. The number of aliphatic hydroxyl groups excluding tert-OH is 1. The summed E-state index contributed by atoms with van der Waals surface area (Å²) in [6.45, 7) is -0.366. The molecule has 0 saturated heterocycles. The molecule has 0 aliphatic heterocycles. The summed E-state index contributed by atoms with van der Waals surface area (Å²) in [6.07, 6.45) is -5.11. The maximum absolute atomic E-state index is 13.5. The molecule has 1 atom stereocenters. The summed E-state index contributed by atoms with van der Waals surface area (Å²) >= 11 is 6.49. The number of hydrogen-bond acceptors (Lipinski definition) is 7. The third-order valence-corrected chi connectivity index (χ3v) is 9.70. The SMILES string of the molecule is CCn1nc(C(=O)NCC2(O)CCC(S(C)(=O)=O)CC2)c(Cl)c1-c1ccc(C(O)C(C)(C)C(F)(F)F)cc1OC(F)F. The number of alkyl halides is 5. The Morgan fingerprint density at radius 2 is 1.86 bits per heavy atom. The first-order chi connectivity index (χ1) is 19.2. The van der Waals surface area contributed by atoms with Gasteiger partial charge in [0.15, 0.2) is 5.69 Å². The fourth-order valence-corrected chi connectivity index (χ4v) is 6.22. The Balaban J connectivity index is 1.92. The quantitative estimate of drug-likeness (QED) is 0.314. The molecule has 1 aromatic heterocycles. The molecule has 1 saturated carbocycles. The van der Waals surface area contributed by atoms with Crippen molar-refractivity contribution in [3.8, 4) is 17.0 Å². The lowest BCUT2D eigenvalue weighted by molar-refractivity contribution is -0.243. The molecule has 1 aliphatic carbocycles. The van der Waals surface area contributed by atoms with Gasteiger partial charge >= 0.3 is 12.8 Å². The summed E-state index contributed by atoms with van der Waals surface area (Å²) in [5.74, 6) is -1.40. The maximum atomic E-state index is 13.5. The average Bonchev–Trinajstić information content (AvgIpc) is 3.21. The van der Waals surface area contributed by atoms with E-state index in [0.29, 0.717) is 0 Å². The van der Waals surface area contributed by atoms with Gasteiger partial charge in [-0.1, -0.05) is 17.7 Å². The van der Waals surface area contributed by atoms with Gasteiger partial charge < -0.3 is 20.3 Å². The van der Waals surface area contributed by atoms with Crippen LogP contribution in [0, 0.1) is 5.41 Å². The van der Waals surface area contributed by atoms with E-state index in [1.165, 1.54) is 4.68 Å². The van der Waals surface area contributed by atoms with Crippen LogP contribution in [0.3, 0.4) is 0 Å². The van der Waals surface area contributed by atoms with Gasteiger partial charge in [-0.05, 0) is 64.2 Å². The number of halogens is 6. The largest absolute Gasteiger partial charge is 0.434 e. The number of rotatable bonds is 10. The van der Waals surface area contributed by atoms with E-state index in [4.69, 9.17) is 11.6 Å². The van der Waals surface area contributed by atoms with Gasteiger partial charge in [0, 0.05) is 24.9 Å². The predicted molar refractivity (Wildman–Crippen MR) is 144 cm³/mol. The van der Waals surface area contributed by atoms with E-state index < -0.39 is 56.7 Å². The van der Waals surface area contributed by atoms with Crippen molar-refractivity contribution in [3.63, 3.8) is 0 Å². The van der Waals surface area contributed by atoms with E-state index in [1.54, 1.807) is 6.92 Å². The molecule has 1 aliphatic rings. The van der Waals surface area contributed by atoms with Gasteiger partial charge in [0.2, 0.25) is 0 Å². The van der Waals surface area contributed by atoms with Gasteiger partial charge in [0.1, 0.15) is 15.6 Å². The fourth-order valence-electron chi connectivity index (χ4n) is 4.80. The zero-order valence-electron chi connectivity index (χ0n) is 23.3. The van der Waals surface area contributed by atoms with Crippen LogP contribution in [0.4, 0.5) is 22.0 Å². The van der Waals surface area contributed by atoms with E-state index in [9.17, 15) is 45.4 Å². The lowest BCUT2D eigenvalue weighted by atomic mass is 9.81. The number of aliphatic hydroxyl groups is 2. The number of aryl methyl sites for hydroxylation is 1. The molecular formula is C26H33ClF5N3O6S. The van der Waals surface area contributed by atoms with E-state index in [0.717, 1.165) is 38.3 Å². The Morgan fingerprint density at radius 1 is 1.26 bits per heavy atom. The summed E-state index contributed by atoms with van der Waals surface area (Å²) < 4.78 is 96.6. The Kier molecular flexibility index (Phi) is 9.92. The minimum absolute atomic E-state index is 0.0385. The fraction of sp³-hybridized carbons (Fsp3) is 0.615. The second-order valence-electron chi connectivity index (χ2n) is 11.0. The zero-order valence-corrected chi connectivity index (χ0v) is 24.9. The minimum Gasteiger partial charge on any atom is -0.434 e. The lowest BCUT2D eigenvalue weighted by Gasteiger charge is -2.35. The number of nitrogens with one attached hydrogen (secondary N) is 1. The van der Waals surface area contributed by atoms with Crippen molar-refractivity contribution in [2.45, 2.75) is 82.7 Å². The van der Waals surface area contributed by atoms with Crippen molar-refractivity contribution in [2.75, 3.05) is 12.8 Å². The molecule has 3 rings (SSSR count). The third kappa shape index (κ3) is 7.17. The Morgan fingerprint density at radius 3 is 2.36 bits per heavy atom. The van der Waals surface area contributed by atoms with E-state index >= 15 is 0 Å². The summed E-state index contributed by atoms with van der Waals surface area (Å²) in [6, 6.07) is 3.10. The number of aromatic nitrogens is 2. The second kappa shape index (κ2) is 12.2. The van der Waals surface area contributed by atoms with Crippen LogP contribution in [-0.2, 0) is 16.4 Å². The van der Waals surface area contributed by atoms with Crippen molar-refractivity contribution >= 4 is 27.3 Å². The molecule has 1 fully saturated rings. The normalized spacial score (nSPS) is 20.9. The molecule has 42 heavy (non-hydrogen) atoms.